The van der Waals surface area contributed by atoms with E-state index in [1.165, 1.54) is 6.07 Å². The molecule has 0 unspecified atom stereocenters. The van der Waals surface area contributed by atoms with Crippen molar-refractivity contribution in [1.29, 1.82) is 0 Å². The molecular formula is C14H19ClN2O3. The van der Waals surface area contributed by atoms with Crippen molar-refractivity contribution in [3.63, 3.8) is 0 Å². The van der Waals surface area contributed by atoms with E-state index < -0.39 is 0 Å². The summed E-state index contributed by atoms with van der Waals surface area (Å²) in [7, 11) is 1.73. The standard InChI is InChI=1S/C14H19ClN2O3/c1-20-10-11-4-6-16(7-5-11)9-12-8-13(17(18)19)2-3-14(12)15/h2-3,8,11H,4-7,9-10H2,1H3. The van der Waals surface area contributed by atoms with Crippen molar-refractivity contribution in [3.05, 3.63) is 38.9 Å². The van der Waals surface area contributed by atoms with Crippen LogP contribution >= 0.6 is 11.6 Å². The molecule has 6 heteroatoms. The molecule has 0 saturated carbocycles. The Morgan fingerprint density at radius 1 is 1.45 bits per heavy atom. The van der Waals surface area contributed by atoms with E-state index in [-0.39, 0.29) is 10.6 Å². The normalized spacial score (nSPS) is 17.3. The Morgan fingerprint density at radius 3 is 2.75 bits per heavy atom. The van der Waals surface area contributed by atoms with Crippen LogP contribution in [0.5, 0.6) is 0 Å². The molecule has 1 aromatic carbocycles. The summed E-state index contributed by atoms with van der Waals surface area (Å²) in [6.45, 7) is 3.44. The van der Waals surface area contributed by atoms with Gasteiger partial charge in [0, 0.05) is 37.4 Å². The topological polar surface area (TPSA) is 55.6 Å². The molecule has 1 heterocycles. The van der Waals surface area contributed by atoms with Crippen LogP contribution < -0.4 is 0 Å². The number of nitro benzene ring substituents is 1. The maximum Gasteiger partial charge on any atom is 0.269 e. The predicted octanol–water partition coefficient (Wildman–Crippen LogP) is 3.11. The van der Waals surface area contributed by atoms with E-state index in [9.17, 15) is 10.1 Å². The maximum atomic E-state index is 10.8. The highest BCUT2D eigenvalue weighted by atomic mass is 35.5. The van der Waals surface area contributed by atoms with Gasteiger partial charge < -0.3 is 4.74 Å². The van der Waals surface area contributed by atoms with Crippen molar-refractivity contribution in [2.24, 2.45) is 5.92 Å². The number of piperidine rings is 1. The Labute approximate surface area is 123 Å². The van der Waals surface area contributed by atoms with Crippen LogP contribution in [0.2, 0.25) is 5.02 Å². The zero-order valence-corrected chi connectivity index (χ0v) is 12.3. The van der Waals surface area contributed by atoms with Crippen molar-refractivity contribution in [2.45, 2.75) is 19.4 Å². The molecule has 0 atom stereocenters. The van der Waals surface area contributed by atoms with E-state index in [2.05, 4.69) is 4.90 Å². The van der Waals surface area contributed by atoms with Gasteiger partial charge >= 0.3 is 0 Å². The Balaban J connectivity index is 1.97. The van der Waals surface area contributed by atoms with E-state index in [0.717, 1.165) is 38.1 Å². The minimum Gasteiger partial charge on any atom is -0.384 e. The van der Waals surface area contributed by atoms with Gasteiger partial charge in [0.15, 0.2) is 0 Å². The molecule has 1 aliphatic heterocycles. The second-order valence-electron chi connectivity index (χ2n) is 5.21. The largest absolute Gasteiger partial charge is 0.384 e. The number of likely N-dealkylation sites (tertiary alicyclic amines) is 1. The third-order valence-corrected chi connectivity index (χ3v) is 4.11. The van der Waals surface area contributed by atoms with Crippen LogP contribution in [0.25, 0.3) is 0 Å². The minimum atomic E-state index is -0.384. The van der Waals surface area contributed by atoms with Gasteiger partial charge in [0.1, 0.15) is 0 Å². The second-order valence-corrected chi connectivity index (χ2v) is 5.61. The molecule has 2 rings (SSSR count). The third-order valence-electron chi connectivity index (χ3n) is 3.74. The summed E-state index contributed by atoms with van der Waals surface area (Å²) in [6.07, 6.45) is 2.20. The highest BCUT2D eigenvalue weighted by molar-refractivity contribution is 6.31. The number of hydrogen-bond acceptors (Lipinski definition) is 4. The summed E-state index contributed by atoms with van der Waals surface area (Å²) < 4.78 is 5.18. The minimum absolute atomic E-state index is 0.0960. The predicted molar refractivity (Wildman–Crippen MR) is 78.0 cm³/mol. The van der Waals surface area contributed by atoms with E-state index in [1.54, 1.807) is 19.2 Å². The summed E-state index contributed by atoms with van der Waals surface area (Å²) >= 11 is 6.13. The number of hydrogen-bond donors (Lipinski definition) is 0. The average Bonchev–Trinajstić information content (AvgIpc) is 2.43. The highest BCUT2D eigenvalue weighted by Gasteiger charge is 2.20. The van der Waals surface area contributed by atoms with E-state index >= 15 is 0 Å². The fourth-order valence-corrected chi connectivity index (χ4v) is 2.76. The lowest BCUT2D eigenvalue weighted by Crippen LogP contribution is -2.34. The molecule has 0 radical (unpaired) electrons. The van der Waals surface area contributed by atoms with Crippen LogP contribution in [0.4, 0.5) is 5.69 Å². The van der Waals surface area contributed by atoms with Crippen molar-refractivity contribution in [1.82, 2.24) is 4.90 Å². The molecule has 110 valence electrons. The van der Waals surface area contributed by atoms with Crippen molar-refractivity contribution in [3.8, 4) is 0 Å². The fourth-order valence-electron chi connectivity index (χ4n) is 2.58. The van der Waals surface area contributed by atoms with Crippen LogP contribution in [0.1, 0.15) is 18.4 Å². The zero-order chi connectivity index (χ0) is 14.5. The lowest BCUT2D eigenvalue weighted by molar-refractivity contribution is -0.384. The maximum absolute atomic E-state index is 10.8. The van der Waals surface area contributed by atoms with E-state index in [0.29, 0.717) is 17.5 Å². The van der Waals surface area contributed by atoms with E-state index in [4.69, 9.17) is 16.3 Å². The first kappa shape index (κ1) is 15.2. The molecule has 0 amide bonds. The first-order valence-electron chi connectivity index (χ1n) is 6.74. The summed E-state index contributed by atoms with van der Waals surface area (Å²) in [5, 5.41) is 11.4. The summed E-state index contributed by atoms with van der Waals surface area (Å²) in [6, 6.07) is 4.62. The van der Waals surface area contributed by atoms with Gasteiger partial charge in [-0.15, -0.1) is 0 Å². The molecule has 0 aromatic heterocycles. The van der Waals surface area contributed by atoms with Gasteiger partial charge in [-0.25, -0.2) is 0 Å². The van der Waals surface area contributed by atoms with Gasteiger partial charge in [-0.1, -0.05) is 11.6 Å². The summed E-state index contributed by atoms with van der Waals surface area (Å²) in [5.41, 5.74) is 0.921. The van der Waals surface area contributed by atoms with Gasteiger partial charge in [-0.05, 0) is 43.5 Å². The number of methoxy groups -OCH3 is 1. The Hall–Kier alpha value is -1.17. The van der Waals surface area contributed by atoms with Crippen LogP contribution in [0.3, 0.4) is 0 Å². The molecule has 1 aromatic rings. The van der Waals surface area contributed by atoms with Crippen LogP contribution in [0.15, 0.2) is 18.2 Å². The first-order chi connectivity index (χ1) is 9.60. The molecule has 0 N–H and O–H groups in total. The number of halogens is 1. The van der Waals surface area contributed by atoms with Gasteiger partial charge in [0.25, 0.3) is 5.69 Å². The molecule has 5 nitrogen and oxygen atoms in total. The third kappa shape index (κ3) is 3.91. The lowest BCUT2D eigenvalue weighted by Gasteiger charge is -2.31. The number of ether oxygens (including phenoxy) is 1. The van der Waals surface area contributed by atoms with Crippen molar-refractivity contribution < 1.29 is 9.66 Å². The van der Waals surface area contributed by atoms with Crippen LogP contribution in [-0.2, 0) is 11.3 Å². The molecule has 1 fully saturated rings. The number of rotatable bonds is 5. The fraction of sp³-hybridized carbons (Fsp3) is 0.571. The van der Waals surface area contributed by atoms with Gasteiger partial charge in [0.2, 0.25) is 0 Å². The first-order valence-corrected chi connectivity index (χ1v) is 7.12. The lowest BCUT2D eigenvalue weighted by atomic mass is 9.97. The number of nitro groups is 1. The van der Waals surface area contributed by atoms with Gasteiger partial charge in [-0.2, -0.15) is 0 Å². The molecular weight excluding hydrogens is 280 g/mol. The number of non-ortho nitro benzene ring substituents is 1. The Kier molecular flexibility index (Phi) is 5.34. The zero-order valence-electron chi connectivity index (χ0n) is 11.5. The van der Waals surface area contributed by atoms with Gasteiger partial charge in [0.05, 0.1) is 4.92 Å². The molecule has 20 heavy (non-hydrogen) atoms. The summed E-state index contributed by atoms with van der Waals surface area (Å²) in [5.74, 6) is 0.622. The quantitative estimate of drug-likeness (QED) is 0.619. The van der Waals surface area contributed by atoms with Crippen molar-refractivity contribution in [2.75, 3.05) is 26.8 Å². The number of benzene rings is 1. The molecule has 0 aliphatic carbocycles. The SMILES string of the molecule is COCC1CCN(Cc2cc([N+](=O)[O-])ccc2Cl)CC1. The molecule has 1 aliphatic rings. The van der Waals surface area contributed by atoms with Crippen LogP contribution in [0, 0.1) is 16.0 Å². The summed E-state index contributed by atoms with van der Waals surface area (Å²) in [4.78, 5) is 12.7. The molecule has 1 saturated heterocycles. The van der Waals surface area contributed by atoms with Crippen LogP contribution in [-0.4, -0.2) is 36.6 Å². The van der Waals surface area contributed by atoms with Crippen molar-refractivity contribution >= 4 is 17.3 Å². The highest BCUT2D eigenvalue weighted by Crippen LogP contribution is 2.25. The second kappa shape index (κ2) is 7.02. The Bertz CT molecular complexity index is 473. The Morgan fingerprint density at radius 2 is 2.15 bits per heavy atom. The average molecular weight is 299 g/mol. The molecule has 0 bridgehead atoms. The smallest absolute Gasteiger partial charge is 0.269 e. The van der Waals surface area contributed by atoms with E-state index in [1.807, 2.05) is 0 Å². The molecule has 0 spiro atoms. The monoisotopic (exact) mass is 298 g/mol. The van der Waals surface area contributed by atoms with Gasteiger partial charge in [-0.3, -0.25) is 15.0 Å². The number of nitrogens with zero attached hydrogens (tertiary/aromatic N) is 2.